The zero-order valence-electron chi connectivity index (χ0n) is 88.6. The summed E-state index contributed by atoms with van der Waals surface area (Å²) in [6.07, 6.45) is 23.7. The van der Waals surface area contributed by atoms with Gasteiger partial charge in [-0.05, 0) is 153 Å². The summed E-state index contributed by atoms with van der Waals surface area (Å²) in [4.78, 5) is 127. The highest BCUT2D eigenvalue weighted by Gasteiger charge is 2.38. The van der Waals surface area contributed by atoms with Crippen molar-refractivity contribution < 1.29 is 62.4 Å². The maximum absolute atomic E-state index is 12.3. The Morgan fingerprint density at radius 2 is 0.809 bits per heavy atom. The van der Waals surface area contributed by atoms with Crippen LogP contribution in [0.5, 0.6) is 0 Å². The fourth-order valence-electron chi connectivity index (χ4n) is 21.2. The number of morpholine rings is 1. The molecule has 1 atom stereocenters. The Balaban J connectivity index is 0.000000183. The molecule has 0 aromatic carbocycles. The Hall–Kier alpha value is -6.49. The largest absolute Gasteiger partial charge is 0.453 e. The van der Waals surface area contributed by atoms with Gasteiger partial charge in [-0.2, -0.15) is 5.10 Å². The Kier molecular flexibility index (Phi) is 45.5. The minimum atomic E-state index is -0.221. The molecule has 32 heteroatoms. The van der Waals surface area contributed by atoms with Crippen molar-refractivity contribution in [2.24, 2.45) is 50.7 Å². The number of aliphatic hydroxyl groups is 1. The van der Waals surface area contributed by atoms with Gasteiger partial charge in [-0.15, -0.1) is 5.10 Å². The van der Waals surface area contributed by atoms with Crippen LogP contribution in [-0.4, -0.2) is 414 Å². The van der Waals surface area contributed by atoms with Gasteiger partial charge in [-0.25, -0.2) is 9.48 Å². The zero-order chi connectivity index (χ0) is 99.1. The van der Waals surface area contributed by atoms with Gasteiger partial charge in [-0.3, -0.25) is 62.7 Å². The zero-order valence-corrected chi connectivity index (χ0v) is 88.6. The van der Waals surface area contributed by atoms with Gasteiger partial charge in [0.25, 0.3) is 0 Å². The topological polar surface area (TPSA) is 288 Å². The van der Waals surface area contributed by atoms with Crippen LogP contribution in [0.3, 0.4) is 0 Å². The number of piperazine rings is 3. The van der Waals surface area contributed by atoms with Crippen molar-refractivity contribution >= 4 is 47.4 Å². The summed E-state index contributed by atoms with van der Waals surface area (Å²) < 4.78 is 24.9. The van der Waals surface area contributed by atoms with Crippen molar-refractivity contribution in [3.63, 3.8) is 0 Å². The highest BCUT2D eigenvalue weighted by molar-refractivity contribution is 5.79. The second-order valence-corrected chi connectivity index (χ2v) is 47.6. The molecule has 0 bridgehead atoms. The van der Waals surface area contributed by atoms with Crippen molar-refractivity contribution in [3.05, 3.63) is 29.8 Å². The molecule has 11 fully saturated rings. The third-order valence-electron chi connectivity index (χ3n) is 29.0. The summed E-state index contributed by atoms with van der Waals surface area (Å²) >= 11 is 0. The molecule has 0 radical (unpaired) electrons. The lowest BCUT2D eigenvalue weighted by Crippen LogP contribution is -2.53. The van der Waals surface area contributed by atoms with Crippen molar-refractivity contribution in [2.75, 3.05) is 244 Å². The molecule has 2 aromatic rings. The highest BCUT2D eigenvalue weighted by Crippen LogP contribution is 2.33. The third-order valence-corrected chi connectivity index (χ3v) is 29.0. The molecule has 0 unspecified atom stereocenters. The van der Waals surface area contributed by atoms with Crippen LogP contribution < -0.4 is 0 Å². The first kappa shape index (κ1) is 113. The number of carbonyl (C=O) groups is 8. The molecule has 0 aliphatic carbocycles. The normalized spacial score (nSPS) is 22.1. The third kappa shape index (κ3) is 40.1. The first-order valence-corrected chi connectivity index (χ1v) is 52.7. The smallest absolute Gasteiger partial charge is 0.409 e. The molecule has 0 spiro atoms. The first-order chi connectivity index (χ1) is 64.3. The van der Waals surface area contributed by atoms with Crippen LogP contribution in [0.4, 0.5) is 4.79 Å². The number of aliphatic hydroxyl groups excluding tert-OH is 1. The van der Waals surface area contributed by atoms with Crippen molar-refractivity contribution in [1.82, 2.24) is 93.4 Å². The number of hydrogen-bond donors (Lipinski definition) is 1. The van der Waals surface area contributed by atoms with Crippen LogP contribution in [-0.2, 0) is 72.0 Å². The van der Waals surface area contributed by atoms with E-state index in [9.17, 15) is 43.5 Å². The van der Waals surface area contributed by atoms with Gasteiger partial charge in [0.1, 0.15) is 6.61 Å². The van der Waals surface area contributed by atoms with E-state index in [4.69, 9.17) is 18.9 Å². The standard InChI is InChI=1S/C19H35N3O3.C18H33N3O2.C17H30N4O.C17H28N4O.C17H31N3O3.C16H30N2O3/c1-19(2,3)13-17(23)21-7-5-16(6-8-21)14-20-9-11-22(12-10-20)18(24)15-25-4;1-15(22)20-11-9-19(10-12-20)14-16-5-7-21(8-6-16)17(23)13-18(2,3)4;1-17(2,3)12-14-13-21(19-18-14)16-4-8-20(9-5-16)15-6-10-22-11-7-15;1-17(2,3)12-16(22)19-8-5-14(6-9-19)20-10-11-21-15(13-20)4-7-18-21;1-14(2)12-16(21)19-6-4-15(5-7-19)13-18-8-10-20(11-9-18)17(22)23-3;1-16(2,3)10-15(20)17-6-4-13(5-7-17)18-8-9-21-14(11-18)12-19/h16H,5-15H2,1-4H3;16H,5-14H2,1-4H3;13,15-16H,4-12H2,1-3H3;4,7,14H,5-6,8-13H2,1-3H3;14-15H,4-13H2,1-3H3;13-14,19H,4-12H2,1-3H3/t;;;;;14-/m.....1/s1. The van der Waals surface area contributed by atoms with Gasteiger partial charge in [0.15, 0.2) is 0 Å². The number of methoxy groups -OCH3 is 2. The van der Waals surface area contributed by atoms with Gasteiger partial charge in [0.2, 0.25) is 41.4 Å². The van der Waals surface area contributed by atoms with Gasteiger partial charge in [0, 0.05) is 293 Å². The number of rotatable bonds is 20. The van der Waals surface area contributed by atoms with E-state index < -0.39 is 0 Å². The summed E-state index contributed by atoms with van der Waals surface area (Å²) in [5, 5.41) is 22.3. The van der Waals surface area contributed by atoms with Crippen LogP contribution in [0.25, 0.3) is 0 Å². The number of hydrogen-bond acceptors (Lipinski definition) is 22. The fourth-order valence-corrected chi connectivity index (χ4v) is 21.2. The number of fused-ring (bicyclic) bond motifs is 1. The minimum absolute atomic E-state index is 0.0423. The number of piperidine rings is 6. The quantitative estimate of drug-likeness (QED) is 0.129. The summed E-state index contributed by atoms with van der Waals surface area (Å²) in [5.41, 5.74) is 2.99. The number of aromatic nitrogens is 5. The predicted octanol–water partition coefficient (Wildman–Crippen LogP) is 10.8. The molecule has 2 aromatic heterocycles. The second-order valence-electron chi connectivity index (χ2n) is 47.6. The molecule has 14 heterocycles. The molecular formula is C104H187N19O13. The first-order valence-electron chi connectivity index (χ1n) is 52.7. The molecule has 11 saturated heterocycles. The number of amides is 8. The highest BCUT2D eigenvalue weighted by atomic mass is 16.5. The molecule has 12 aliphatic rings. The Morgan fingerprint density at radius 1 is 0.419 bits per heavy atom. The number of ether oxygens (including phenoxy) is 4. The maximum atomic E-state index is 12.3. The van der Waals surface area contributed by atoms with E-state index >= 15 is 0 Å². The maximum Gasteiger partial charge on any atom is 0.409 e. The monoisotopic (exact) mass is 1910 g/mol. The van der Waals surface area contributed by atoms with Crippen LogP contribution in [0.2, 0.25) is 0 Å². The van der Waals surface area contributed by atoms with E-state index in [1.807, 2.05) is 30.7 Å². The SMILES string of the molecule is CC(=O)N1CCN(CC2CCN(C(=O)CC(C)(C)C)CC2)CC1.CC(C)(C)CC(=O)N1CCC(N2CCO[C@@H](CO)C2)CC1.CC(C)(C)CC(=O)N1CCC(N2CCn3nccc3C2)CC1.CC(C)(C)Cc1cn(C2CCN(C3CCOCC3)CC2)nn1.COC(=O)N1CCN(CC2CCN(C(=O)CC(C)C)CC2)CC1.COCC(=O)N1CCN(CC2CCN(C(=O)CC(C)(C)C)CC2)CC1. The second kappa shape index (κ2) is 54.7. The Bertz CT molecular complexity index is 3860. The van der Waals surface area contributed by atoms with Crippen LogP contribution in [0, 0.1) is 50.7 Å². The summed E-state index contributed by atoms with van der Waals surface area (Å²) in [6, 6.07) is 4.52. The molecule has 14 rings (SSSR count). The number of likely N-dealkylation sites (tertiary alicyclic amines) is 6. The molecule has 32 nitrogen and oxygen atoms in total. The number of nitrogens with zero attached hydrogens (tertiary/aromatic N) is 19. The Morgan fingerprint density at radius 3 is 1.21 bits per heavy atom. The molecule has 0 saturated carbocycles. The molecule has 8 amide bonds. The van der Waals surface area contributed by atoms with Crippen LogP contribution >= 0.6 is 0 Å². The lowest BCUT2D eigenvalue weighted by atomic mass is 9.90. The molecule has 136 heavy (non-hydrogen) atoms. The van der Waals surface area contributed by atoms with Crippen LogP contribution in [0.15, 0.2) is 18.5 Å². The van der Waals surface area contributed by atoms with Gasteiger partial charge in [0.05, 0.1) is 50.4 Å². The van der Waals surface area contributed by atoms with E-state index in [1.54, 1.807) is 18.9 Å². The van der Waals surface area contributed by atoms with E-state index in [-0.39, 0.29) is 70.2 Å². The molecule has 1 N–H and O–H groups in total. The molecule has 12 aliphatic heterocycles. The van der Waals surface area contributed by atoms with Crippen LogP contribution in [0.1, 0.15) is 264 Å². The van der Waals surface area contributed by atoms with Gasteiger partial charge < -0.3 is 68.2 Å². The minimum Gasteiger partial charge on any atom is -0.453 e. The average Bonchev–Trinajstić information content (AvgIpc) is 1.64. The number of carbonyl (C=O) groups excluding carboxylic acids is 8. The summed E-state index contributed by atoms with van der Waals surface area (Å²) in [7, 11) is 3.00. The fraction of sp³-hybridized carbons (Fsp3) is 0.875. The van der Waals surface area contributed by atoms with Crippen molar-refractivity contribution in [1.29, 1.82) is 0 Å². The Labute approximate surface area is 819 Å². The molecular weight excluding hydrogens is 1720 g/mol. The van der Waals surface area contributed by atoms with Gasteiger partial charge in [-0.1, -0.05) is 123 Å². The lowest BCUT2D eigenvalue weighted by Gasteiger charge is -2.42. The average molecular weight is 1910 g/mol. The van der Waals surface area contributed by atoms with E-state index in [0.717, 1.165) is 292 Å². The van der Waals surface area contributed by atoms with E-state index in [1.165, 1.54) is 51.6 Å². The van der Waals surface area contributed by atoms with E-state index in [0.29, 0.717) is 104 Å². The lowest BCUT2D eigenvalue weighted by molar-refractivity contribution is -0.137. The molecule has 776 valence electrons. The van der Waals surface area contributed by atoms with E-state index in [2.05, 4.69) is 194 Å². The predicted molar refractivity (Wildman–Crippen MR) is 535 cm³/mol. The van der Waals surface area contributed by atoms with Crippen molar-refractivity contribution in [3.8, 4) is 0 Å². The van der Waals surface area contributed by atoms with Crippen molar-refractivity contribution in [2.45, 2.75) is 296 Å². The van der Waals surface area contributed by atoms with Gasteiger partial charge >= 0.3 is 6.09 Å². The summed E-state index contributed by atoms with van der Waals surface area (Å²) in [6.45, 7) is 70.9. The summed E-state index contributed by atoms with van der Waals surface area (Å²) in [5.74, 6) is 4.28.